The summed E-state index contributed by atoms with van der Waals surface area (Å²) in [4.78, 5) is 4.44. The molecule has 1 aliphatic heterocycles. The van der Waals surface area contributed by atoms with E-state index in [1.54, 1.807) is 39.5 Å². The van der Waals surface area contributed by atoms with Gasteiger partial charge in [0.05, 0.1) is 35.0 Å². The van der Waals surface area contributed by atoms with Gasteiger partial charge in [-0.2, -0.15) is 0 Å². The maximum atomic E-state index is 9.95. The third kappa shape index (κ3) is 3.20. The molecule has 26 heavy (non-hydrogen) atoms. The summed E-state index contributed by atoms with van der Waals surface area (Å²) < 4.78 is 27.2. The Bertz CT molecular complexity index is 808. The topological polar surface area (TPSA) is 78.7 Å². The number of hydrogen-bond acceptors (Lipinski definition) is 7. The summed E-state index contributed by atoms with van der Waals surface area (Å²) in [6.07, 6.45) is -0.289. The van der Waals surface area contributed by atoms with E-state index in [0.717, 1.165) is 5.56 Å². The Morgan fingerprint density at radius 2 is 1.58 bits per heavy atom. The second-order valence-electron chi connectivity index (χ2n) is 5.60. The molecule has 1 atom stereocenters. The van der Waals surface area contributed by atoms with Crippen LogP contribution < -0.4 is 18.9 Å². The van der Waals surface area contributed by atoms with Crippen molar-refractivity contribution in [3.63, 3.8) is 0 Å². The average Bonchev–Trinajstić information content (AvgIpc) is 3.16. The standard InChI is InChI=1S/C19H21NO6/c1-22-14-6-5-11(7-13(14)21)19-20-10-17(26-19)12-8-15(23-2)18(25-4)16(9-12)24-3/h5-9,17,21H,10H2,1-4H3. The molecule has 2 aromatic carbocycles. The van der Waals surface area contributed by atoms with Gasteiger partial charge in [0, 0.05) is 11.1 Å². The monoisotopic (exact) mass is 359 g/mol. The van der Waals surface area contributed by atoms with E-state index < -0.39 is 0 Å². The fourth-order valence-corrected chi connectivity index (χ4v) is 2.82. The van der Waals surface area contributed by atoms with Gasteiger partial charge in [-0.25, -0.2) is 4.99 Å². The number of aromatic hydroxyl groups is 1. The fraction of sp³-hybridized carbons (Fsp3) is 0.316. The highest BCUT2D eigenvalue weighted by Gasteiger charge is 2.26. The third-order valence-corrected chi connectivity index (χ3v) is 4.14. The van der Waals surface area contributed by atoms with Crippen molar-refractivity contribution in [2.75, 3.05) is 35.0 Å². The van der Waals surface area contributed by atoms with Crippen LogP contribution in [0.3, 0.4) is 0 Å². The third-order valence-electron chi connectivity index (χ3n) is 4.14. The first-order valence-electron chi connectivity index (χ1n) is 7.99. The molecule has 0 spiro atoms. The van der Waals surface area contributed by atoms with Crippen LogP contribution in [0.4, 0.5) is 0 Å². The minimum atomic E-state index is -0.289. The summed E-state index contributed by atoms with van der Waals surface area (Å²) in [7, 11) is 6.19. The lowest BCUT2D eigenvalue weighted by molar-refractivity contribution is 0.228. The second-order valence-corrected chi connectivity index (χ2v) is 5.60. The van der Waals surface area contributed by atoms with E-state index in [2.05, 4.69) is 4.99 Å². The van der Waals surface area contributed by atoms with E-state index in [0.29, 0.717) is 41.0 Å². The first kappa shape index (κ1) is 17.7. The number of rotatable bonds is 6. The number of phenols is 1. The summed E-state index contributed by atoms with van der Waals surface area (Å²) in [5.74, 6) is 2.53. The van der Waals surface area contributed by atoms with Gasteiger partial charge in [-0.05, 0) is 30.3 Å². The van der Waals surface area contributed by atoms with Crippen molar-refractivity contribution in [1.82, 2.24) is 0 Å². The smallest absolute Gasteiger partial charge is 0.217 e. The predicted molar refractivity (Wildman–Crippen MR) is 96.0 cm³/mol. The van der Waals surface area contributed by atoms with Gasteiger partial charge in [-0.15, -0.1) is 0 Å². The lowest BCUT2D eigenvalue weighted by Crippen LogP contribution is -2.07. The molecule has 0 bridgehead atoms. The van der Waals surface area contributed by atoms with Crippen molar-refractivity contribution >= 4 is 5.90 Å². The van der Waals surface area contributed by atoms with Gasteiger partial charge in [-0.3, -0.25) is 0 Å². The van der Waals surface area contributed by atoms with E-state index in [-0.39, 0.29) is 11.9 Å². The molecule has 0 fully saturated rings. The molecule has 1 heterocycles. The van der Waals surface area contributed by atoms with Crippen LogP contribution in [0.15, 0.2) is 35.3 Å². The molecule has 0 saturated carbocycles. The summed E-state index contributed by atoms with van der Waals surface area (Å²) >= 11 is 0. The molecule has 2 aromatic rings. The lowest BCUT2D eigenvalue weighted by Gasteiger charge is -2.17. The summed E-state index contributed by atoms with van der Waals surface area (Å²) in [5.41, 5.74) is 1.54. The van der Waals surface area contributed by atoms with Crippen LogP contribution in [0.1, 0.15) is 17.2 Å². The number of hydrogen-bond donors (Lipinski definition) is 1. The van der Waals surface area contributed by atoms with E-state index >= 15 is 0 Å². The molecule has 7 nitrogen and oxygen atoms in total. The van der Waals surface area contributed by atoms with E-state index in [1.807, 2.05) is 12.1 Å². The van der Waals surface area contributed by atoms with Crippen LogP contribution in [0.5, 0.6) is 28.7 Å². The zero-order valence-electron chi connectivity index (χ0n) is 15.1. The van der Waals surface area contributed by atoms with Crippen molar-refractivity contribution in [3.8, 4) is 28.7 Å². The van der Waals surface area contributed by atoms with E-state index in [9.17, 15) is 5.11 Å². The van der Waals surface area contributed by atoms with Gasteiger partial charge in [-0.1, -0.05) is 0 Å². The van der Waals surface area contributed by atoms with Gasteiger partial charge >= 0.3 is 0 Å². The lowest BCUT2D eigenvalue weighted by atomic mass is 10.1. The Kier molecular flexibility index (Phi) is 5.06. The quantitative estimate of drug-likeness (QED) is 0.854. The Morgan fingerprint density at radius 1 is 0.923 bits per heavy atom. The minimum absolute atomic E-state index is 0.0348. The average molecular weight is 359 g/mol. The highest BCUT2D eigenvalue weighted by atomic mass is 16.5. The predicted octanol–water partition coefficient (Wildman–Crippen LogP) is 2.94. The molecule has 1 aliphatic rings. The second kappa shape index (κ2) is 7.43. The van der Waals surface area contributed by atoms with Gasteiger partial charge in [0.25, 0.3) is 0 Å². The molecule has 0 amide bonds. The molecule has 0 aliphatic carbocycles. The van der Waals surface area contributed by atoms with Gasteiger partial charge in [0.15, 0.2) is 23.0 Å². The summed E-state index contributed by atoms with van der Waals surface area (Å²) in [5, 5.41) is 9.95. The number of aliphatic imine (C=N–C) groups is 1. The number of ether oxygens (including phenoxy) is 5. The van der Waals surface area contributed by atoms with Crippen LogP contribution in [-0.4, -0.2) is 46.0 Å². The van der Waals surface area contributed by atoms with Crippen LogP contribution in [0.25, 0.3) is 0 Å². The number of methoxy groups -OCH3 is 4. The molecule has 1 N–H and O–H groups in total. The Hall–Kier alpha value is -3.09. The fourth-order valence-electron chi connectivity index (χ4n) is 2.82. The van der Waals surface area contributed by atoms with Crippen LogP contribution in [0, 0.1) is 0 Å². The Morgan fingerprint density at radius 3 is 2.12 bits per heavy atom. The number of nitrogens with zero attached hydrogens (tertiary/aromatic N) is 1. The van der Waals surface area contributed by atoms with Crippen LogP contribution in [-0.2, 0) is 4.74 Å². The van der Waals surface area contributed by atoms with E-state index in [1.165, 1.54) is 7.11 Å². The molecule has 138 valence electrons. The zero-order valence-corrected chi connectivity index (χ0v) is 15.1. The zero-order chi connectivity index (χ0) is 18.7. The summed E-state index contributed by atoms with van der Waals surface area (Å²) in [6.45, 7) is 0.445. The van der Waals surface area contributed by atoms with Crippen molar-refractivity contribution in [3.05, 3.63) is 41.5 Å². The molecule has 3 rings (SSSR count). The molecule has 0 aromatic heterocycles. The normalized spacial score (nSPS) is 15.8. The number of phenolic OH excluding ortho intramolecular Hbond substituents is 1. The van der Waals surface area contributed by atoms with Gasteiger partial charge in [0.2, 0.25) is 11.6 Å². The summed E-state index contributed by atoms with van der Waals surface area (Å²) in [6, 6.07) is 8.71. The largest absolute Gasteiger partial charge is 0.504 e. The molecular weight excluding hydrogens is 338 g/mol. The van der Waals surface area contributed by atoms with Crippen LogP contribution in [0.2, 0.25) is 0 Å². The van der Waals surface area contributed by atoms with E-state index in [4.69, 9.17) is 23.7 Å². The highest BCUT2D eigenvalue weighted by Crippen LogP contribution is 2.41. The Balaban J connectivity index is 1.85. The van der Waals surface area contributed by atoms with Crippen molar-refractivity contribution in [2.45, 2.75) is 6.10 Å². The number of benzene rings is 2. The molecule has 0 radical (unpaired) electrons. The highest BCUT2D eigenvalue weighted by molar-refractivity contribution is 5.95. The minimum Gasteiger partial charge on any atom is -0.504 e. The van der Waals surface area contributed by atoms with Crippen molar-refractivity contribution in [1.29, 1.82) is 0 Å². The van der Waals surface area contributed by atoms with Crippen molar-refractivity contribution < 1.29 is 28.8 Å². The Labute approximate surface area is 151 Å². The van der Waals surface area contributed by atoms with Crippen molar-refractivity contribution in [2.24, 2.45) is 4.99 Å². The van der Waals surface area contributed by atoms with Crippen LogP contribution >= 0.6 is 0 Å². The maximum absolute atomic E-state index is 9.95. The van der Waals surface area contributed by atoms with Gasteiger partial charge in [0.1, 0.15) is 6.10 Å². The molecular formula is C19H21NO6. The SMILES string of the molecule is COc1ccc(C2=NCC(c3cc(OC)c(OC)c(OC)c3)O2)cc1O. The van der Waals surface area contributed by atoms with Gasteiger partial charge < -0.3 is 28.8 Å². The molecule has 0 saturated heterocycles. The first-order valence-corrected chi connectivity index (χ1v) is 7.99. The molecule has 7 heteroatoms. The first-order chi connectivity index (χ1) is 12.6. The molecule has 1 unspecified atom stereocenters. The maximum Gasteiger partial charge on any atom is 0.217 e.